The number of carbonyl (C=O) groups is 4. The van der Waals surface area contributed by atoms with Crippen molar-refractivity contribution < 1.29 is 38.5 Å². The number of amides is 4. The number of imidazole rings is 2. The fourth-order valence-corrected chi connectivity index (χ4v) is 10.2. The number of fused-ring (bicyclic) bond motifs is 1. The first kappa shape index (κ1) is 43.0. The minimum atomic E-state index is -1.11. The number of ether oxygens (including phenoxy) is 3. The lowest BCUT2D eigenvalue weighted by Crippen LogP contribution is -2.53. The predicted molar refractivity (Wildman–Crippen MR) is 238 cm³/mol. The standard InChI is InChI=1S/C48H56N8O8/c1-54(48(60)61)42(32-17-23-64-24-18-32)46(58)56-20-4-6-40(56)44-49-27-37(51-44)30-9-7-29(8-10-30)33-11-12-35-26-36(14-13-34(35)25-33)38-28-50-43(52-38)39-5-3-19-55(39)45(57)41(53-47(59)62-2)31-15-21-63-22-16-31/h7-14,25-28,31-32,39-42H,3-6,15-24H2,1-2H3,(H,49,51)(H,50,52)(H,53,59)(H,60,61)/t39-,40-,41-,42-/m0/s1. The number of likely N-dealkylation sites (tertiary alicyclic amines) is 2. The van der Waals surface area contributed by atoms with Gasteiger partial charge in [0.2, 0.25) is 11.8 Å². The van der Waals surface area contributed by atoms with Crippen LogP contribution in [-0.2, 0) is 23.8 Å². The molecule has 336 valence electrons. The molecular formula is C48H56N8O8. The Labute approximate surface area is 371 Å². The number of hydrogen-bond donors (Lipinski definition) is 4. The van der Waals surface area contributed by atoms with Crippen LogP contribution >= 0.6 is 0 Å². The van der Waals surface area contributed by atoms with Crippen LogP contribution in [0.3, 0.4) is 0 Å². The van der Waals surface area contributed by atoms with Gasteiger partial charge in [0.1, 0.15) is 23.7 Å². The number of aromatic nitrogens is 4. The van der Waals surface area contributed by atoms with Crippen LogP contribution in [-0.4, -0.2) is 130 Å². The molecule has 5 aromatic rings. The number of benzene rings is 3. The number of aromatic amines is 2. The number of carbonyl (C=O) groups excluding carboxylic acids is 3. The van der Waals surface area contributed by atoms with Crippen LogP contribution in [0, 0.1) is 11.8 Å². The highest BCUT2D eigenvalue weighted by molar-refractivity contribution is 5.91. The van der Waals surface area contributed by atoms with Crippen LogP contribution < -0.4 is 5.32 Å². The molecule has 4 atom stereocenters. The summed E-state index contributed by atoms with van der Waals surface area (Å²) in [4.78, 5) is 73.9. The van der Waals surface area contributed by atoms with E-state index in [9.17, 15) is 24.3 Å². The monoisotopic (exact) mass is 872 g/mol. The van der Waals surface area contributed by atoms with Gasteiger partial charge in [-0.3, -0.25) is 14.5 Å². The minimum absolute atomic E-state index is 0.0318. The maximum atomic E-state index is 14.1. The van der Waals surface area contributed by atoms with Gasteiger partial charge in [-0.15, -0.1) is 0 Å². The van der Waals surface area contributed by atoms with Crippen LogP contribution in [0.1, 0.15) is 75.1 Å². The highest BCUT2D eigenvalue weighted by atomic mass is 16.5. The molecule has 0 spiro atoms. The fourth-order valence-electron chi connectivity index (χ4n) is 10.2. The second-order valence-electron chi connectivity index (χ2n) is 17.4. The number of H-pyrrole nitrogens is 2. The summed E-state index contributed by atoms with van der Waals surface area (Å²) >= 11 is 0. The molecule has 4 aliphatic rings. The molecule has 64 heavy (non-hydrogen) atoms. The van der Waals surface area contributed by atoms with E-state index in [0.717, 1.165) is 75.9 Å². The van der Waals surface area contributed by atoms with Crippen LogP contribution in [0.15, 0.2) is 73.1 Å². The number of carboxylic acid groups (broad SMARTS) is 1. The number of methoxy groups -OCH3 is 1. The summed E-state index contributed by atoms with van der Waals surface area (Å²) in [6, 6.07) is 19.1. The van der Waals surface area contributed by atoms with Gasteiger partial charge in [0.05, 0.1) is 30.6 Å². The van der Waals surface area contributed by atoms with Gasteiger partial charge in [0, 0.05) is 70.1 Å². The third kappa shape index (κ3) is 8.80. The van der Waals surface area contributed by atoms with E-state index < -0.39 is 24.3 Å². The van der Waals surface area contributed by atoms with Crippen LogP contribution in [0.5, 0.6) is 0 Å². The van der Waals surface area contributed by atoms with E-state index in [4.69, 9.17) is 24.2 Å². The first-order valence-corrected chi connectivity index (χ1v) is 22.5. The number of hydrogen-bond acceptors (Lipinski definition) is 9. The molecule has 9 rings (SSSR count). The molecule has 4 N–H and O–H groups in total. The van der Waals surface area contributed by atoms with E-state index >= 15 is 0 Å². The van der Waals surface area contributed by atoms with Gasteiger partial charge in [-0.2, -0.15) is 0 Å². The van der Waals surface area contributed by atoms with Crippen molar-refractivity contribution in [2.75, 3.05) is 53.7 Å². The van der Waals surface area contributed by atoms with Gasteiger partial charge in [-0.25, -0.2) is 19.6 Å². The number of nitrogens with one attached hydrogen (secondary N) is 3. The predicted octanol–water partition coefficient (Wildman–Crippen LogP) is 7.17. The average Bonchev–Trinajstić information content (AvgIpc) is 4.18. The Hall–Kier alpha value is -6.26. The van der Waals surface area contributed by atoms with E-state index in [1.54, 1.807) is 0 Å². The van der Waals surface area contributed by atoms with Crippen molar-refractivity contribution >= 4 is 34.8 Å². The highest BCUT2D eigenvalue weighted by Crippen LogP contribution is 2.37. The molecule has 6 heterocycles. The van der Waals surface area contributed by atoms with Crippen LogP contribution in [0.25, 0.3) is 44.4 Å². The van der Waals surface area contributed by atoms with Gasteiger partial charge >= 0.3 is 12.2 Å². The Kier molecular flexibility index (Phi) is 12.7. The molecule has 0 radical (unpaired) electrons. The van der Waals surface area contributed by atoms with Crippen molar-refractivity contribution in [3.8, 4) is 33.6 Å². The molecule has 4 amide bonds. The molecule has 0 saturated carbocycles. The van der Waals surface area contributed by atoms with E-state index in [2.05, 4.69) is 75.9 Å². The van der Waals surface area contributed by atoms with E-state index in [0.29, 0.717) is 71.0 Å². The lowest BCUT2D eigenvalue weighted by Gasteiger charge is -2.37. The van der Waals surface area contributed by atoms with Crippen LogP contribution in [0.2, 0.25) is 0 Å². The molecular weight excluding hydrogens is 817 g/mol. The third-order valence-corrected chi connectivity index (χ3v) is 13.7. The zero-order valence-electron chi connectivity index (χ0n) is 36.3. The third-order valence-electron chi connectivity index (χ3n) is 13.7. The molecule has 16 heteroatoms. The minimum Gasteiger partial charge on any atom is -0.465 e. The van der Waals surface area contributed by atoms with Gasteiger partial charge in [-0.05, 0) is 97.2 Å². The van der Waals surface area contributed by atoms with E-state index in [1.807, 2.05) is 22.2 Å². The first-order chi connectivity index (χ1) is 31.2. The Morgan fingerprint density at radius 2 is 1.20 bits per heavy atom. The van der Waals surface area contributed by atoms with Crippen molar-refractivity contribution in [3.63, 3.8) is 0 Å². The Balaban J connectivity index is 0.866. The summed E-state index contributed by atoms with van der Waals surface area (Å²) in [5.41, 5.74) is 5.62. The van der Waals surface area contributed by atoms with Crippen molar-refractivity contribution in [1.29, 1.82) is 0 Å². The molecule has 0 bridgehead atoms. The molecule has 0 aliphatic carbocycles. The van der Waals surface area contributed by atoms with Gasteiger partial charge in [-0.1, -0.05) is 48.5 Å². The quantitative estimate of drug-likeness (QED) is 0.106. The van der Waals surface area contributed by atoms with Crippen LogP contribution in [0.4, 0.5) is 9.59 Å². The molecule has 4 saturated heterocycles. The lowest BCUT2D eigenvalue weighted by atomic mass is 9.89. The Morgan fingerprint density at radius 3 is 1.78 bits per heavy atom. The summed E-state index contributed by atoms with van der Waals surface area (Å²) in [5.74, 6) is 1.02. The van der Waals surface area contributed by atoms with Crippen molar-refractivity contribution in [2.45, 2.75) is 75.5 Å². The lowest BCUT2D eigenvalue weighted by molar-refractivity contribution is -0.140. The molecule has 3 aromatic carbocycles. The summed E-state index contributed by atoms with van der Waals surface area (Å²) in [5, 5.41) is 14.8. The van der Waals surface area contributed by atoms with Crippen molar-refractivity contribution in [3.05, 3.63) is 84.7 Å². The molecule has 0 unspecified atom stereocenters. The molecule has 16 nitrogen and oxygen atoms in total. The Morgan fingerprint density at radius 1 is 0.703 bits per heavy atom. The maximum Gasteiger partial charge on any atom is 0.407 e. The van der Waals surface area contributed by atoms with Gasteiger partial charge < -0.3 is 44.4 Å². The SMILES string of the molecule is COC(=O)N[C@H](C(=O)N1CCC[C@H]1c1nc(-c2ccc3cc(-c4ccc(-c5c[nH]c([C@@H]6CCCN6C(=O)[C@H](C6CCOCC6)N(C)C(=O)O)n5)cc4)ccc3c2)c[nH]1)C1CCOCC1. The van der Waals surface area contributed by atoms with Crippen molar-refractivity contribution in [1.82, 2.24) is 40.0 Å². The maximum absolute atomic E-state index is 14.1. The van der Waals surface area contributed by atoms with Gasteiger partial charge in [0.25, 0.3) is 0 Å². The fraction of sp³-hybridized carbons (Fsp3) is 0.458. The summed E-state index contributed by atoms with van der Waals surface area (Å²) in [7, 11) is 2.80. The summed E-state index contributed by atoms with van der Waals surface area (Å²) in [6.07, 6.45) is 7.89. The zero-order chi connectivity index (χ0) is 44.3. The van der Waals surface area contributed by atoms with E-state index in [1.165, 1.54) is 19.1 Å². The normalized spacial score (nSPS) is 20.6. The summed E-state index contributed by atoms with van der Waals surface area (Å²) < 4.78 is 15.9. The second-order valence-corrected chi connectivity index (χ2v) is 17.4. The summed E-state index contributed by atoms with van der Waals surface area (Å²) in [6.45, 7) is 3.30. The zero-order valence-corrected chi connectivity index (χ0v) is 36.3. The topological polar surface area (TPSA) is 195 Å². The number of nitrogens with zero attached hydrogens (tertiary/aromatic N) is 5. The number of likely N-dealkylation sites (N-methyl/N-ethyl adjacent to an activating group) is 1. The highest BCUT2D eigenvalue weighted by Gasteiger charge is 2.43. The molecule has 4 aliphatic heterocycles. The molecule has 2 aromatic heterocycles. The number of rotatable bonds is 11. The van der Waals surface area contributed by atoms with E-state index in [-0.39, 0.29) is 35.7 Å². The first-order valence-electron chi connectivity index (χ1n) is 22.5. The number of alkyl carbamates (subject to hydrolysis) is 1. The van der Waals surface area contributed by atoms with Gasteiger partial charge in [0.15, 0.2) is 0 Å². The Bertz CT molecular complexity index is 2470. The largest absolute Gasteiger partial charge is 0.465 e. The molecule has 4 fully saturated rings. The van der Waals surface area contributed by atoms with Crippen molar-refractivity contribution in [2.24, 2.45) is 11.8 Å². The smallest absolute Gasteiger partial charge is 0.407 e. The second kappa shape index (κ2) is 18.8. The average molecular weight is 873 g/mol.